The lowest BCUT2D eigenvalue weighted by Crippen LogP contribution is -1.93. The van der Waals surface area contributed by atoms with Crippen LogP contribution in [0.15, 0.2) is 27.4 Å². The fourth-order valence-electron chi connectivity index (χ4n) is 1.35. The van der Waals surface area contributed by atoms with Gasteiger partial charge in [0, 0.05) is 5.56 Å². The Hall–Kier alpha value is -1.18. The second kappa shape index (κ2) is 2.70. The number of para-hydroxylation sites is 1. The van der Waals surface area contributed by atoms with Crippen LogP contribution >= 0.6 is 0 Å². The molecule has 0 spiro atoms. The van der Waals surface area contributed by atoms with Gasteiger partial charge in [0.05, 0.1) is 0 Å². The van der Waals surface area contributed by atoms with Gasteiger partial charge in [-0.3, -0.25) is 9.15 Å². The molecule has 0 radical (unpaired) electrons. The maximum Gasteiger partial charge on any atom is 0.229 e. The maximum atomic E-state index is 4.93. The quantitative estimate of drug-likeness (QED) is 0.634. The van der Waals surface area contributed by atoms with Crippen LogP contribution in [0.5, 0.6) is 0 Å². The summed E-state index contributed by atoms with van der Waals surface area (Å²) in [4.78, 5) is 0. The zero-order chi connectivity index (χ0) is 8.55. The van der Waals surface area contributed by atoms with Crippen molar-refractivity contribution in [1.29, 1.82) is 0 Å². The topological polar surface area (TPSA) is 26.3 Å². The summed E-state index contributed by atoms with van der Waals surface area (Å²) >= 11 is 0. The average Bonchev–Trinajstić information content (AvgIpc) is 2.05. The highest BCUT2D eigenvalue weighted by molar-refractivity contribution is 5.75. The van der Waals surface area contributed by atoms with Gasteiger partial charge in [0.1, 0.15) is 0 Å². The average molecular weight is 164 g/mol. The van der Waals surface area contributed by atoms with Gasteiger partial charge in [0.15, 0.2) is 0 Å². The van der Waals surface area contributed by atoms with E-state index < -0.39 is 0 Å². The molecule has 1 aromatic heterocycles. The molecular weight excluding hydrogens is 152 g/mol. The Kier molecular flexibility index (Phi) is 1.68. The molecular formula is C10H12O2. The highest BCUT2D eigenvalue weighted by atomic mass is 17.0. The molecule has 0 amide bonds. The minimum atomic E-state index is 0.545. The van der Waals surface area contributed by atoms with Crippen LogP contribution in [0.2, 0.25) is 0 Å². The van der Waals surface area contributed by atoms with Gasteiger partial charge < -0.3 is 0 Å². The summed E-state index contributed by atoms with van der Waals surface area (Å²) in [6.07, 6.45) is 1.12. The van der Waals surface area contributed by atoms with E-state index in [1.807, 2.05) is 12.1 Å². The van der Waals surface area contributed by atoms with Crippen LogP contribution in [-0.2, 0) is 0 Å². The Morgan fingerprint density at radius 2 is 2.17 bits per heavy atom. The summed E-state index contributed by atoms with van der Waals surface area (Å²) in [6, 6.07) is 6.02. The molecule has 0 aliphatic carbocycles. The normalized spacial score (nSPS) is 13.8. The fourth-order valence-corrected chi connectivity index (χ4v) is 1.35. The number of hydrogen-bond donors (Lipinski definition) is 0. The third kappa shape index (κ3) is 0.951. The Morgan fingerprint density at radius 3 is 2.75 bits per heavy atom. The van der Waals surface area contributed by atoms with Gasteiger partial charge in [-0.1, -0.05) is 26.0 Å². The van der Waals surface area contributed by atoms with Gasteiger partial charge in [0.25, 0.3) is 0 Å². The van der Waals surface area contributed by atoms with Crippen molar-refractivity contribution in [2.45, 2.75) is 26.2 Å². The monoisotopic (exact) mass is 164 g/mol. The molecule has 2 rings (SSSR count). The van der Waals surface area contributed by atoms with E-state index in [1.165, 1.54) is 5.56 Å². The molecule has 0 saturated carbocycles. The van der Waals surface area contributed by atoms with E-state index in [2.05, 4.69) is 19.9 Å². The zero-order valence-electron chi connectivity index (χ0n) is 7.33. The maximum absolute atomic E-state index is 4.93. The molecule has 2 nitrogen and oxygen atoms in total. The lowest BCUT2D eigenvalue weighted by molar-refractivity contribution is 0.0578. The van der Waals surface area contributed by atoms with Gasteiger partial charge in [-0.25, -0.2) is 0 Å². The van der Waals surface area contributed by atoms with Crippen molar-refractivity contribution in [2.24, 2.45) is 0 Å². The highest BCUT2D eigenvalue weighted by Gasteiger charge is 2.13. The molecule has 0 aliphatic rings. The van der Waals surface area contributed by atoms with Crippen LogP contribution in [0.1, 0.15) is 31.7 Å². The van der Waals surface area contributed by atoms with Crippen molar-refractivity contribution < 1.29 is 9.15 Å². The van der Waals surface area contributed by atoms with E-state index in [4.69, 9.17) is 9.15 Å². The van der Waals surface area contributed by atoms with Crippen molar-refractivity contribution in [3.8, 4) is 0 Å². The summed E-state index contributed by atoms with van der Waals surface area (Å²) in [5.41, 5.74) is 3.04. The Labute approximate surface area is 71.1 Å². The smallest absolute Gasteiger partial charge is 0.229 e. The number of benzene rings is 1. The van der Waals surface area contributed by atoms with Crippen molar-refractivity contribution >= 4 is 11.2 Å². The standard InChI is InChI=1S/C10H12O2/c1-3-7(2)8-5-4-6-9-10(8)12-11-9/h4-7H,3H2,1-2H3. The van der Waals surface area contributed by atoms with Gasteiger partial charge in [-0.15, -0.1) is 0 Å². The lowest BCUT2D eigenvalue weighted by Gasteiger charge is -2.10. The first-order chi connectivity index (χ1) is 5.83. The van der Waals surface area contributed by atoms with Crippen molar-refractivity contribution in [3.63, 3.8) is 0 Å². The molecule has 1 heterocycles. The minimum absolute atomic E-state index is 0.545. The van der Waals surface area contributed by atoms with E-state index in [0.29, 0.717) is 5.92 Å². The molecule has 0 saturated heterocycles. The van der Waals surface area contributed by atoms with E-state index in [1.54, 1.807) is 0 Å². The van der Waals surface area contributed by atoms with Crippen molar-refractivity contribution in [3.05, 3.63) is 23.8 Å². The molecule has 0 fully saturated rings. The first-order valence-electron chi connectivity index (χ1n) is 4.30. The van der Waals surface area contributed by atoms with Gasteiger partial charge in [-0.05, 0) is 18.4 Å². The molecule has 1 unspecified atom stereocenters. The van der Waals surface area contributed by atoms with Crippen molar-refractivity contribution in [2.75, 3.05) is 0 Å². The van der Waals surface area contributed by atoms with Gasteiger partial charge in [-0.2, -0.15) is 0 Å². The Bertz CT molecular complexity index is 370. The molecule has 0 bridgehead atoms. The number of rotatable bonds is 2. The van der Waals surface area contributed by atoms with Gasteiger partial charge in [0.2, 0.25) is 11.2 Å². The molecule has 2 aromatic rings. The molecule has 0 aliphatic heterocycles. The summed E-state index contributed by atoms with van der Waals surface area (Å²) in [7, 11) is 0. The zero-order valence-corrected chi connectivity index (χ0v) is 7.33. The molecule has 1 atom stereocenters. The fraction of sp³-hybridized carbons (Fsp3) is 0.400. The third-order valence-corrected chi connectivity index (χ3v) is 2.37. The SMILES string of the molecule is CCC(C)c1cccc2ooc12. The molecule has 2 heteroatoms. The summed E-state index contributed by atoms with van der Waals surface area (Å²) in [6.45, 7) is 4.36. The van der Waals surface area contributed by atoms with Crippen LogP contribution in [0.25, 0.3) is 11.2 Å². The van der Waals surface area contributed by atoms with E-state index in [0.717, 1.165) is 17.6 Å². The number of hydrogen-bond acceptors (Lipinski definition) is 2. The first-order valence-corrected chi connectivity index (χ1v) is 4.30. The molecule has 64 valence electrons. The van der Waals surface area contributed by atoms with E-state index >= 15 is 0 Å². The molecule has 0 N–H and O–H groups in total. The second-order valence-electron chi connectivity index (χ2n) is 3.15. The summed E-state index contributed by atoms with van der Waals surface area (Å²) in [5.74, 6) is 0.545. The summed E-state index contributed by atoms with van der Waals surface area (Å²) < 4.78 is 9.74. The van der Waals surface area contributed by atoms with Crippen LogP contribution < -0.4 is 0 Å². The lowest BCUT2D eigenvalue weighted by atomic mass is 9.98. The van der Waals surface area contributed by atoms with E-state index in [9.17, 15) is 0 Å². The van der Waals surface area contributed by atoms with Crippen LogP contribution in [0, 0.1) is 0 Å². The van der Waals surface area contributed by atoms with Gasteiger partial charge >= 0.3 is 0 Å². The highest BCUT2D eigenvalue weighted by Crippen LogP contribution is 2.29. The van der Waals surface area contributed by atoms with Crippen LogP contribution in [-0.4, -0.2) is 0 Å². The molecule has 12 heavy (non-hydrogen) atoms. The molecule has 1 aromatic carbocycles. The van der Waals surface area contributed by atoms with Crippen LogP contribution in [0.3, 0.4) is 0 Å². The number of fused-ring (bicyclic) bond motifs is 1. The second-order valence-corrected chi connectivity index (χ2v) is 3.15. The Balaban J connectivity index is 2.49. The largest absolute Gasteiger partial charge is 0.286 e. The first kappa shape index (κ1) is 7.47. The minimum Gasteiger partial charge on any atom is -0.286 e. The summed E-state index contributed by atoms with van der Waals surface area (Å²) in [5, 5.41) is 0. The predicted molar refractivity (Wildman–Crippen MR) is 47.2 cm³/mol. The predicted octanol–water partition coefficient (Wildman–Crippen LogP) is 3.54. The van der Waals surface area contributed by atoms with E-state index in [-0.39, 0.29) is 0 Å². The van der Waals surface area contributed by atoms with Crippen LogP contribution in [0.4, 0.5) is 0 Å². The van der Waals surface area contributed by atoms with Crippen molar-refractivity contribution in [1.82, 2.24) is 0 Å². The third-order valence-electron chi connectivity index (χ3n) is 2.37. The Morgan fingerprint density at radius 1 is 1.33 bits per heavy atom.